The number of hydrogen-bond donors (Lipinski definition) is 1. The van der Waals surface area contributed by atoms with Crippen LogP contribution in [0.4, 0.5) is 10.5 Å². The first kappa shape index (κ1) is 13.4. The van der Waals surface area contributed by atoms with Crippen LogP contribution in [0.5, 0.6) is 0 Å². The number of cyclic esters (lactones) is 1. The fourth-order valence-corrected chi connectivity index (χ4v) is 2.62. The molecule has 1 aliphatic heterocycles. The fraction of sp³-hybridized carbons (Fsp3) is 0.429. The molecule has 1 saturated heterocycles. The van der Waals surface area contributed by atoms with Crippen molar-refractivity contribution in [2.75, 3.05) is 11.5 Å². The summed E-state index contributed by atoms with van der Waals surface area (Å²) in [6.45, 7) is 5.86. The Morgan fingerprint density at radius 1 is 1.32 bits per heavy atom. The smallest absolute Gasteiger partial charge is 0.415 e. The summed E-state index contributed by atoms with van der Waals surface area (Å²) in [4.78, 5) is 24.5. The Kier molecular flexibility index (Phi) is 3.46. The lowest BCUT2D eigenvalue weighted by Gasteiger charge is -2.34. The summed E-state index contributed by atoms with van der Waals surface area (Å²) in [5.41, 5.74) is 3.48. The molecule has 1 unspecified atom stereocenters. The number of hydrogen-bond acceptors (Lipinski definition) is 3. The fourth-order valence-electron chi connectivity index (χ4n) is 2.62. The van der Waals surface area contributed by atoms with Gasteiger partial charge >= 0.3 is 12.1 Å². The summed E-state index contributed by atoms with van der Waals surface area (Å²) in [7, 11) is 0. The van der Waals surface area contributed by atoms with Crippen LogP contribution in [0.3, 0.4) is 0 Å². The third kappa shape index (κ3) is 2.41. The van der Waals surface area contributed by atoms with E-state index < -0.39 is 18.1 Å². The lowest BCUT2D eigenvalue weighted by atomic mass is 10.0. The Bertz CT molecular complexity index is 515. The number of carboxylic acid groups (broad SMARTS) is 1. The van der Waals surface area contributed by atoms with Gasteiger partial charge in [0.15, 0.2) is 0 Å². The number of anilines is 1. The second kappa shape index (κ2) is 4.91. The molecule has 1 heterocycles. The van der Waals surface area contributed by atoms with Crippen LogP contribution in [0.25, 0.3) is 0 Å². The maximum Gasteiger partial charge on any atom is 0.415 e. The van der Waals surface area contributed by atoms with Crippen LogP contribution in [0, 0.1) is 20.8 Å². The van der Waals surface area contributed by atoms with Crippen molar-refractivity contribution in [2.45, 2.75) is 33.2 Å². The van der Waals surface area contributed by atoms with Gasteiger partial charge in [-0.25, -0.2) is 9.59 Å². The minimum atomic E-state index is -1.00. The molecule has 1 aromatic carbocycles. The predicted octanol–water partition coefficient (Wildman–Crippen LogP) is 2.41. The zero-order valence-electron chi connectivity index (χ0n) is 11.3. The van der Waals surface area contributed by atoms with Crippen LogP contribution >= 0.6 is 0 Å². The summed E-state index contributed by atoms with van der Waals surface area (Å²) in [6, 6.07) is 3.01. The number of carbonyl (C=O) groups is 2. The topological polar surface area (TPSA) is 66.8 Å². The summed E-state index contributed by atoms with van der Waals surface area (Å²) >= 11 is 0. The molecule has 1 aromatic rings. The number of nitrogens with zero attached hydrogens (tertiary/aromatic N) is 1. The molecule has 0 saturated carbocycles. The quantitative estimate of drug-likeness (QED) is 0.889. The van der Waals surface area contributed by atoms with E-state index in [9.17, 15) is 14.7 Å². The molecular formula is C14H17NO4. The molecule has 0 bridgehead atoms. The van der Waals surface area contributed by atoms with E-state index in [-0.39, 0.29) is 6.61 Å². The number of carboxylic acids is 1. The minimum absolute atomic E-state index is 0.149. The highest BCUT2D eigenvalue weighted by molar-refractivity contribution is 5.97. The van der Waals surface area contributed by atoms with Gasteiger partial charge in [0.1, 0.15) is 6.04 Å². The van der Waals surface area contributed by atoms with Crippen molar-refractivity contribution in [3.05, 3.63) is 28.8 Å². The Morgan fingerprint density at radius 2 is 1.89 bits per heavy atom. The maximum absolute atomic E-state index is 11.9. The van der Waals surface area contributed by atoms with Gasteiger partial charge in [0.25, 0.3) is 0 Å². The van der Waals surface area contributed by atoms with Crippen molar-refractivity contribution >= 4 is 17.7 Å². The van der Waals surface area contributed by atoms with Crippen LogP contribution < -0.4 is 4.90 Å². The zero-order chi connectivity index (χ0) is 14.2. The Hall–Kier alpha value is -2.04. The van der Waals surface area contributed by atoms with Crippen LogP contribution in [-0.4, -0.2) is 29.8 Å². The molecule has 1 amide bonds. The van der Waals surface area contributed by atoms with Crippen molar-refractivity contribution in [3.8, 4) is 0 Å². The number of aryl methyl sites for hydroxylation is 3. The van der Waals surface area contributed by atoms with Crippen LogP contribution in [0.15, 0.2) is 12.1 Å². The molecule has 102 valence electrons. The number of carbonyl (C=O) groups excluding carboxylic acids is 1. The second-order valence-electron chi connectivity index (χ2n) is 4.87. The van der Waals surface area contributed by atoms with Crippen LogP contribution in [-0.2, 0) is 9.53 Å². The largest absolute Gasteiger partial charge is 0.480 e. The van der Waals surface area contributed by atoms with Gasteiger partial charge in [0.05, 0.1) is 12.3 Å². The van der Waals surface area contributed by atoms with Gasteiger partial charge in [-0.1, -0.05) is 17.7 Å². The van der Waals surface area contributed by atoms with E-state index in [4.69, 9.17) is 4.74 Å². The summed E-state index contributed by atoms with van der Waals surface area (Å²) in [5.74, 6) is -1.00. The van der Waals surface area contributed by atoms with Crippen LogP contribution in [0.2, 0.25) is 0 Å². The molecule has 0 radical (unpaired) electrons. The van der Waals surface area contributed by atoms with E-state index in [0.717, 1.165) is 16.7 Å². The molecule has 2 rings (SSSR count). The lowest BCUT2D eigenvalue weighted by Crippen LogP contribution is -2.50. The van der Waals surface area contributed by atoms with Crippen molar-refractivity contribution in [3.63, 3.8) is 0 Å². The van der Waals surface area contributed by atoms with E-state index >= 15 is 0 Å². The van der Waals surface area contributed by atoms with E-state index in [2.05, 4.69) is 0 Å². The standard InChI is InChI=1S/C14H17NO4/c1-8-6-9(2)12(10(3)7-8)15-11(13(16)17)4-5-19-14(15)18/h6-7,11H,4-5H2,1-3H3,(H,16,17). The molecule has 0 aromatic heterocycles. The Balaban J connectivity index is 2.53. The van der Waals surface area contributed by atoms with Gasteiger partial charge in [0.2, 0.25) is 0 Å². The minimum Gasteiger partial charge on any atom is -0.480 e. The monoisotopic (exact) mass is 263 g/mol. The first-order chi connectivity index (χ1) is 8.91. The highest BCUT2D eigenvalue weighted by Gasteiger charge is 2.37. The van der Waals surface area contributed by atoms with Gasteiger partial charge in [-0.05, 0) is 31.9 Å². The molecule has 0 spiro atoms. The number of aliphatic carboxylic acids is 1. The van der Waals surface area contributed by atoms with E-state index in [0.29, 0.717) is 12.1 Å². The number of amides is 1. The molecule has 0 aliphatic carbocycles. The number of rotatable bonds is 2. The van der Waals surface area contributed by atoms with Crippen molar-refractivity contribution < 1.29 is 19.4 Å². The predicted molar refractivity (Wildman–Crippen MR) is 70.5 cm³/mol. The number of benzene rings is 1. The average molecular weight is 263 g/mol. The first-order valence-electron chi connectivity index (χ1n) is 6.18. The van der Waals surface area contributed by atoms with Crippen LogP contribution in [0.1, 0.15) is 23.1 Å². The maximum atomic E-state index is 11.9. The second-order valence-corrected chi connectivity index (χ2v) is 4.87. The Morgan fingerprint density at radius 3 is 2.42 bits per heavy atom. The van der Waals surface area contributed by atoms with Gasteiger partial charge < -0.3 is 9.84 Å². The zero-order valence-corrected chi connectivity index (χ0v) is 11.3. The molecule has 1 aliphatic rings. The Labute approximate surface area is 111 Å². The molecule has 5 nitrogen and oxygen atoms in total. The summed E-state index contributed by atoms with van der Waals surface area (Å²) in [5, 5.41) is 9.27. The molecule has 19 heavy (non-hydrogen) atoms. The van der Waals surface area contributed by atoms with Crippen molar-refractivity contribution in [1.29, 1.82) is 0 Å². The van der Waals surface area contributed by atoms with Crippen molar-refractivity contribution in [2.24, 2.45) is 0 Å². The average Bonchev–Trinajstić information content (AvgIpc) is 2.29. The van der Waals surface area contributed by atoms with E-state index in [1.807, 2.05) is 32.9 Å². The van der Waals surface area contributed by atoms with Gasteiger partial charge in [0, 0.05) is 6.42 Å². The third-order valence-corrected chi connectivity index (χ3v) is 3.29. The molecular weight excluding hydrogens is 246 g/mol. The summed E-state index contributed by atoms with van der Waals surface area (Å²) < 4.78 is 4.99. The van der Waals surface area contributed by atoms with Gasteiger partial charge in [-0.2, -0.15) is 0 Å². The number of ether oxygens (including phenoxy) is 1. The SMILES string of the molecule is Cc1cc(C)c(N2C(=O)OCCC2C(=O)O)c(C)c1. The summed E-state index contributed by atoms with van der Waals surface area (Å²) in [6.07, 6.45) is -0.290. The molecule has 1 N–H and O–H groups in total. The van der Waals surface area contributed by atoms with Crippen molar-refractivity contribution in [1.82, 2.24) is 0 Å². The molecule has 5 heteroatoms. The first-order valence-corrected chi connectivity index (χ1v) is 6.18. The van der Waals surface area contributed by atoms with E-state index in [1.54, 1.807) is 0 Å². The van der Waals surface area contributed by atoms with Gasteiger partial charge in [-0.15, -0.1) is 0 Å². The van der Waals surface area contributed by atoms with Gasteiger partial charge in [-0.3, -0.25) is 4.90 Å². The lowest BCUT2D eigenvalue weighted by molar-refractivity contribution is -0.139. The molecule has 1 fully saturated rings. The third-order valence-electron chi connectivity index (χ3n) is 3.29. The van der Waals surface area contributed by atoms with E-state index in [1.165, 1.54) is 4.90 Å². The normalized spacial score (nSPS) is 19.2. The highest BCUT2D eigenvalue weighted by Crippen LogP contribution is 2.31. The highest BCUT2D eigenvalue weighted by atomic mass is 16.6. The molecule has 1 atom stereocenters.